The Morgan fingerprint density at radius 3 is 2.50 bits per heavy atom. The van der Waals surface area contributed by atoms with Crippen LogP contribution in [0.2, 0.25) is 5.02 Å². The molecule has 12 nitrogen and oxygen atoms in total. The van der Waals surface area contributed by atoms with Crippen LogP contribution >= 0.6 is 30.3 Å². The molecule has 4 heterocycles. The first-order valence-corrected chi connectivity index (χ1v) is 27.1. The molecule has 7 atom stereocenters. The van der Waals surface area contributed by atoms with Crippen LogP contribution < -0.4 is 14.8 Å². The number of anilines is 1. The molecule has 2 aromatic carbocycles. The molecule has 1 saturated heterocycles. The number of hydrogen-bond acceptors (Lipinski definition) is 12. The van der Waals surface area contributed by atoms with Crippen LogP contribution in [0.1, 0.15) is 110 Å². The molecule has 0 bridgehead atoms. The maximum Gasteiger partial charge on any atom is 0.306 e. The largest absolute Gasteiger partial charge is 0.495 e. The van der Waals surface area contributed by atoms with Crippen LogP contribution in [0, 0.1) is 29.4 Å². The van der Waals surface area contributed by atoms with E-state index in [1.807, 2.05) is 38.3 Å². The fourth-order valence-electron chi connectivity index (χ4n) is 10.4. The average molecular weight is 996 g/mol. The number of fused-ring (bicyclic) bond motifs is 3. The minimum atomic E-state index is -4.02. The van der Waals surface area contributed by atoms with Gasteiger partial charge in [-0.3, -0.25) is 18.9 Å². The lowest BCUT2D eigenvalue weighted by Gasteiger charge is -2.33. The summed E-state index contributed by atoms with van der Waals surface area (Å²) in [7, 11) is -2.51. The number of carbonyl (C=O) groups is 3. The summed E-state index contributed by atoms with van der Waals surface area (Å²) in [6, 6.07) is 7.89. The van der Waals surface area contributed by atoms with Crippen molar-refractivity contribution in [3.8, 4) is 22.9 Å². The number of Topliss-reactive ketones (excluding diaryl/α,β-unsaturated/α-hetero) is 1. The average Bonchev–Trinajstić information content (AvgIpc) is 3.72. The van der Waals surface area contributed by atoms with Gasteiger partial charge in [-0.15, -0.1) is 11.3 Å². The molecule has 8 rings (SSSR count). The Bertz CT molecular complexity index is 2570. The van der Waals surface area contributed by atoms with Crippen molar-refractivity contribution in [1.29, 1.82) is 0 Å². The molecule has 1 unspecified atom stereocenters. The minimum absolute atomic E-state index is 0.00177. The van der Waals surface area contributed by atoms with E-state index in [0.717, 1.165) is 50.7 Å². The summed E-state index contributed by atoms with van der Waals surface area (Å²) in [5, 5.41) is 5.49. The van der Waals surface area contributed by atoms with Gasteiger partial charge in [0.25, 0.3) is 0 Å². The standard InChI is InChI=1S/C51H62ClF2N4O8PS/c1-6-64-67(62,28-37-38(53)18-13-19-39(37)54)51-25-32(51)15-10-8-7-9-14-31(4)36(23-46(60)66-33-16-11-12-17-33)49(61)58-27-34(22-42(58)43(59)26-51)65-45-24-40(41-29-68-50(57-41)55-30(2)3)56-48-35(45)20-21-44(63-5)47(48)52/h10,13,15,18-21,24,29-34,36,42H,6-9,11-12,14,16-17,22-23,25-28H2,1-5H3,(H,55,57)/b15-10-/t31-,32+,34-,36+,42+,51-,67?/m1/s1. The highest BCUT2D eigenvalue weighted by atomic mass is 35.5. The highest BCUT2D eigenvalue weighted by Gasteiger charge is 2.66. The third-order valence-corrected chi connectivity index (χ3v) is 18.7. The van der Waals surface area contributed by atoms with Crippen molar-refractivity contribution in [2.45, 2.75) is 140 Å². The molecule has 3 fully saturated rings. The number of hydrogen-bond donors (Lipinski definition) is 1. The first-order chi connectivity index (χ1) is 32.6. The molecule has 4 aliphatic rings. The summed E-state index contributed by atoms with van der Waals surface area (Å²) in [5.41, 5.74) is 1.13. The van der Waals surface area contributed by atoms with Crippen molar-refractivity contribution in [3.05, 3.63) is 76.2 Å². The lowest BCUT2D eigenvalue weighted by atomic mass is 9.85. The highest BCUT2D eigenvalue weighted by Crippen LogP contribution is 2.77. The minimum Gasteiger partial charge on any atom is -0.495 e. The van der Waals surface area contributed by atoms with Crippen molar-refractivity contribution in [2.75, 3.05) is 25.6 Å². The van der Waals surface area contributed by atoms with Gasteiger partial charge in [0.15, 0.2) is 10.9 Å². The van der Waals surface area contributed by atoms with Crippen LogP contribution in [0.3, 0.4) is 0 Å². The van der Waals surface area contributed by atoms with Gasteiger partial charge in [0.05, 0.1) is 61.2 Å². The first-order valence-electron chi connectivity index (χ1n) is 24.1. The van der Waals surface area contributed by atoms with Crippen molar-refractivity contribution < 1.29 is 46.5 Å². The number of nitrogens with one attached hydrogen (secondary N) is 1. The van der Waals surface area contributed by atoms with Crippen LogP contribution in [0.4, 0.5) is 13.9 Å². The van der Waals surface area contributed by atoms with E-state index in [1.54, 1.807) is 30.0 Å². The normalized spacial score (nSPS) is 26.1. The van der Waals surface area contributed by atoms with Crippen molar-refractivity contribution in [2.24, 2.45) is 17.8 Å². The van der Waals surface area contributed by atoms with E-state index in [1.165, 1.54) is 24.5 Å². The molecule has 2 saturated carbocycles. The third-order valence-electron chi connectivity index (χ3n) is 14.1. The lowest BCUT2D eigenvalue weighted by molar-refractivity contribution is -0.155. The number of ether oxygens (including phenoxy) is 3. The van der Waals surface area contributed by atoms with Gasteiger partial charge in [0.2, 0.25) is 13.3 Å². The maximum atomic E-state index is 15.4. The van der Waals surface area contributed by atoms with Crippen molar-refractivity contribution in [1.82, 2.24) is 14.9 Å². The number of amides is 1. The Kier molecular flexibility index (Phi) is 15.6. The zero-order chi connectivity index (χ0) is 48.3. The molecule has 0 radical (unpaired) electrons. The van der Waals surface area contributed by atoms with E-state index in [-0.39, 0.29) is 78.7 Å². The molecular formula is C51H62ClF2N4O8PS. The topological polar surface area (TPSA) is 146 Å². The van der Waals surface area contributed by atoms with Gasteiger partial charge in [-0.05, 0) is 108 Å². The van der Waals surface area contributed by atoms with Gasteiger partial charge in [0, 0.05) is 41.3 Å². The quantitative estimate of drug-likeness (QED) is 0.0731. The van der Waals surface area contributed by atoms with Crippen LogP contribution in [-0.2, 0) is 34.4 Å². The van der Waals surface area contributed by atoms with Gasteiger partial charge in [-0.25, -0.2) is 18.7 Å². The molecule has 68 heavy (non-hydrogen) atoms. The summed E-state index contributed by atoms with van der Waals surface area (Å²) in [6.45, 7) is 7.69. The number of ketones is 1. The Balaban J connectivity index is 1.18. The van der Waals surface area contributed by atoms with Gasteiger partial charge in [0.1, 0.15) is 46.1 Å². The second kappa shape index (κ2) is 21.3. The number of halogens is 3. The third kappa shape index (κ3) is 10.7. The Hall–Kier alpha value is -4.43. The van der Waals surface area contributed by atoms with Crippen LogP contribution in [0.15, 0.2) is 53.9 Å². The predicted molar refractivity (Wildman–Crippen MR) is 261 cm³/mol. The fourth-order valence-corrected chi connectivity index (χ4v) is 14.8. The first kappa shape index (κ1) is 50.0. The van der Waals surface area contributed by atoms with Gasteiger partial charge >= 0.3 is 5.97 Å². The second-order valence-electron chi connectivity index (χ2n) is 19.2. The number of carbonyl (C=O) groups excluding carboxylic acids is 3. The van der Waals surface area contributed by atoms with Gasteiger partial charge < -0.3 is 29.0 Å². The number of nitrogens with zero attached hydrogens (tertiary/aromatic N) is 3. The zero-order valence-corrected chi connectivity index (χ0v) is 41.9. The summed E-state index contributed by atoms with van der Waals surface area (Å²) in [5.74, 6) is -3.43. The number of pyridine rings is 1. The number of allylic oxidation sites excluding steroid dienone is 2. The van der Waals surface area contributed by atoms with E-state index < -0.39 is 54.4 Å². The second-order valence-corrected chi connectivity index (χ2v) is 23.3. The molecule has 2 aromatic heterocycles. The van der Waals surface area contributed by atoms with Gasteiger partial charge in [-0.1, -0.05) is 43.2 Å². The zero-order valence-electron chi connectivity index (χ0n) is 39.4. The Labute approximate surface area is 406 Å². The number of rotatable bonds is 14. The smallest absolute Gasteiger partial charge is 0.306 e. The number of esters is 1. The van der Waals surface area contributed by atoms with Gasteiger partial charge in [-0.2, -0.15) is 0 Å². The monoisotopic (exact) mass is 994 g/mol. The van der Waals surface area contributed by atoms with Crippen molar-refractivity contribution in [3.63, 3.8) is 0 Å². The lowest BCUT2D eigenvalue weighted by Crippen LogP contribution is -2.46. The van der Waals surface area contributed by atoms with E-state index >= 15 is 22.9 Å². The fraction of sp³-hybridized carbons (Fsp3) is 0.549. The SMILES string of the molecule is CCOP(=O)(Cc1c(F)cccc1F)[C@]12CC(=O)[C@@H]3C[C@@H](Oc4cc(-c5csc(NC(C)C)n5)nc5c(Cl)c(OC)ccc45)CN3C(=O)[C@@H](CC(=O)OC3CCCC3)[C@H](C)CCCC/C=C\[C@H]1C2. The summed E-state index contributed by atoms with van der Waals surface area (Å²) < 4.78 is 70.6. The number of methoxy groups -OCH3 is 1. The molecule has 4 aromatic rings. The molecule has 1 N–H and O–H groups in total. The Morgan fingerprint density at radius 2 is 1.78 bits per heavy atom. The highest BCUT2D eigenvalue weighted by molar-refractivity contribution is 7.60. The van der Waals surface area contributed by atoms with E-state index in [9.17, 15) is 4.79 Å². The molecule has 2 aliphatic heterocycles. The molecule has 17 heteroatoms. The van der Waals surface area contributed by atoms with Crippen LogP contribution in [0.5, 0.6) is 11.5 Å². The molecule has 1 amide bonds. The number of thiazole rings is 1. The van der Waals surface area contributed by atoms with Crippen molar-refractivity contribution >= 4 is 64.0 Å². The number of aromatic nitrogens is 2. The molecule has 0 spiro atoms. The Morgan fingerprint density at radius 1 is 1.03 bits per heavy atom. The molecular weight excluding hydrogens is 933 g/mol. The van der Waals surface area contributed by atoms with E-state index in [0.29, 0.717) is 58.2 Å². The van der Waals surface area contributed by atoms with Crippen LogP contribution in [-0.4, -0.2) is 82.2 Å². The van der Waals surface area contributed by atoms with Crippen LogP contribution in [0.25, 0.3) is 22.3 Å². The molecule has 366 valence electrons. The van der Waals surface area contributed by atoms with E-state index in [4.69, 9.17) is 40.3 Å². The summed E-state index contributed by atoms with van der Waals surface area (Å²) in [6.07, 6.45) is 8.98. The maximum absolute atomic E-state index is 15.4. The summed E-state index contributed by atoms with van der Waals surface area (Å²) in [4.78, 5) is 55.5. The predicted octanol–water partition coefficient (Wildman–Crippen LogP) is 12.0. The number of benzene rings is 2. The molecule has 2 aliphatic carbocycles. The van der Waals surface area contributed by atoms with E-state index in [2.05, 4.69) is 5.32 Å². The summed E-state index contributed by atoms with van der Waals surface area (Å²) >= 11 is 8.36.